The minimum Gasteiger partial charge on any atom is -0.325 e. The van der Waals surface area contributed by atoms with E-state index in [9.17, 15) is 9.18 Å². The van der Waals surface area contributed by atoms with Gasteiger partial charge in [0.15, 0.2) is 5.82 Å². The first-order chi connectivity index (χ1) is 13.0. The lowest BCUT2D eigenvalue weighted by Crippen LogP contribution is -2.14. The molecule has 0 aliphatic rings. The van der Waals surface area contributed by atoms with Crippen LogP contribution in [0, 0.1) is 12.7 Å². The van der Waals surface area contributed by atoms with Crippen molar-refractivity contribution in [3.8, 4) is 11.4 Å². The molecule has 0 spiro atoms. The lowest BCUT2D eigenvalue weighted by molar-refractivity contribution is -0.113. The van der Waals surface area contributed by atoms with Gasteiger partial charge in [-0.3, -0.25) is 4.79 Å². The second-order valence-electron chi connectivity index (χ2n) is 6.07. The third-order valence-electron chi connectivity index (χ3n) is 3.93. The van der Waals surface area contributed by atoms with Crippen molar-refractivity contribution in [3.05, 3.63) is 71.7 Å². The molecule has 2 aromatic carbocycles. The van der Waals surface area contributed by atoms with Crippen LogP contribution in [0.2, 0.25) is 0 Å². The van der Waals surface area contributed by atoms with Gasteiger partial charge in [0, 0.05) is 16.9 Å². The number of nitrogens with one attached hydrogen (secondary N) is 1. The molecule has 1 N–H and O–H groups in total. The van der Waals surface area contributed by atoms with E-state index in [1.54, 1.807) is 12.1 Å². The first-order valence-electron chi connectivity index (χ1n) is 8.66. The van der Waals surface area contributed by atoms with E-state index >= 15 is 0 Å². The average molecular weight is 381 g/mol. The predicted molar refractivity (Wildman–Crippen MR) is 107 cm³/mol. The van der Waals surface area contributed by atoms with Gasteiger partial charge in [-0.05, 0) is 61.4 Å². The monoisotopic (exact) mass is 381 g/mol. The van der Waals surface area contributed by atoms with E-state index < -0.39 is 0 Å². The van der Waals surface area contributed by atoms with Crippen molar-refractivity contribution < 1.29 is 9.18 Å². The zero-order chi connectivity index (χ0) is 19.2. The highest BCUT2D eigenvalue weighted by atomic mass is 32.2. The second kappa shape index (κ2) is 8.77. The summed E-state index contributed by atoms with van der Waals surface area (Å²) in [4.78, 5) is 21.1. The summed E-state index contributed by atoms with van der Waals surface area (Å²) in [5.74, 6) is 0.371. The molecular weight excluding hydrogens is 361 g/mol. The Morgan fingerprint density at radius 3 is 2.44 bits per heavy atom. The predicted octanol–water partition coefficient (Wildman–Crippen LogP) is 4.88. The van der Waals surface area contributed by atoms with Crippen LogP contribution in [-0.2, 0) is 11.2 Å². The first-order valence-corrected chi connectivity index (χ1v) is 9.65. The number of carbonyl (C=O) groups excluding carboxylic acids is 1. The summed E-state index contributed by atoms with van der Waals surface area (Å²) in [6.45, 7) is 3.96. The Morgan fingerprint density at radius 2 is 1.78 bits per heavy atom. The maximum Gasteiger partial charge on any atom is 0.234 e. The number of rotatable bonds is 6. The summed E-state index contributed by atoms with van der Waals surface area (Å²) < 4.78 is 13.1. The van der Waals surface area contributed by atoms with Crippen molar-refractivity contribution in [2.24, 2.45) is 0 Å². The number of carbonyl (C=O) groups is 1. The Kier molecular flexibility index (Phi) is 6.19. The molecule has 6 heteroatoms. The summed E-state index contributed by atoms with van der Waals surface area (Å²) in [5, 5.41) is 3.59. The Labute approximate surface area is 162 Å². The topological polar surface area (TPSA) is 54.9 Å². The molecule has 1 aromatic heterocycles. The number of nitrogens with zero attached hydrogens (tertiary/aromatic N) is 2. The SMILES string of the molecule is CCc1ccc(NC(=O)CSc2cc(C)nc(-c3ccc(F)cc3)n2)cc1. The molecule has 3 aromatic rings. The number of anilines is 1. The number of hydrogen-bond donors (Lipinski definition) is 1. The van der Waals surface area contributed by atoms with Gasteiger partial charge in [-0.2, -0.15) is 0 Å². The number of halogens is 1. The number of aromatic nitrogens is 2. The van der Waals surface area contributed by atoms with Gasteiger partial charge in [-0.25, -0.2) is 14.4 Å². The van der Waals surface area contributed by atoms with Crippen LogP contribution >= 0.6 is 11.8 Å². The summed E-state index contributed by atoms with van der Waals surface area (Å²) in [6, 6.07) is 15.7. The number of benzene rings is 2. The molecule has 0 aliphatic carbocycles. The highest BCUT2D eigenvalue weighted by Crippen LogP contribution is 2.22. The third-order valence-corrected chi connectivity index (χ3v) is 4.84. The minimum absolute atomic E-state index is 0.0937. The highest BCUT2D eigenvalue weighted by molar-refractivity contribution is 7.99. The van der Waals surface area contributed by atoms with Crippen LogP contribution in [0.4, 0.5) is 10.1 Å². The molecule has 0 aliphatic heterocycles. The Hall–Kier alpha value is -2.73. The van der Waals surface area contributed by atoms with Gasteiger partial charge in [-0.1, -0.05) is 30.8 Å². The van der Waals surface area contributed by atoms with Crippen molar-refractivity contribution in [3.63, 3.8) is 0 Å². The fraction of sp³-hybridized carbons (Fsp3) is 0.190. The van der Waals surface area contributed by atoms with Gasteiger partial charge >= 0.3 is 0 Å². The zero-order valence-electron chi connectivity index (χ0n) is 15.2. The van der Waals surface area contributed by atoms with E-state index in [0.29, 0.717) is 10.9 Å². The molecule has 138 valence electrons. The average Bonchev–Trinajstić information content (AvgIpc) is 2.67. The molecule has 3 rings (SSSR count). The molecule has 27 heavy (non-hydrogen) atoms. The Bertz CT molecular complexity index is 927. The molecule has 0 fully saturated rings. The number of amides is 1. The van der Waals surface area contributed by atoms with Crippen molar-refractivity contribution in [1.82, 2.24) is 9.97 Å². The maximum atomic E-state index is 13.1. The fourth-order valence-corrected chi connectivity index (χ4v) is 3.26. The Balaban J connectivity index is 1.64. The zero-order valence-corrected chi connectivity index (χ0v) is 16.0. The van der Waals surface area contributed by atoms with Crippen LogP contribution in [0.15, 0.2) is 59.6 Å². The molecule has 1 amide bonds. The third kappa shape index (κ3) is 5.37. The van der Waals surface area contributed by atoms with Crippen LogP contribution < -0.4 is 5.32 Å². The van der Waals surface area contributed by atoms with Gasteiger partial charge in [0.2, 0.25) is 5.91 Å². The number of hydrogen-bond acceptors (Lipinski definition) is 4. The van der Waals surface area contributed by atoms with E-state index in [0.717, 1.165) is 23.4 Å². The molecular formula is C21H20FN3OS. The van der Waals surface area contributed by atoms with Crippen LogP contribution in [0.3, 0.4) is 0 Å². The van der Waals surface area contributed by atoms with Crippen LogP contribution in [0.1, 0.15) is 18.2 Å². The standard InChI is InChI=1S/C21H20FN3OS/c1-3-15-4-10-18(11-5-15)24-19(26)13-27-20-12-14(2)23-21(25-20)16-6-8-17(22)9-7-16/h4-12H,3,13H2,1-2H3,(H,24,26). The molecule has 0 saturated carbocycles. The van der Waals surface area contributed by atoms with Gasteiger partial charge in [0.25, 0.3) is 0 Å². The van der Waals surface area contributed by atoms with E-state index in [4.69, 9.17) is 0 Å². The van der Waals surface area contributed by atoms with E-state index in [-0.39, 0.29) is 17.5 Å². The molecule has 0 radical (unpaired) electrons. The van der Waals surface area contributed by atoms with E-state index in [2.05, 4.69) is 22.2 Å². The number of aryl methyl sites for hydroxylation is 2. The molecule has 0 atom stereocenters. The van der Waals surface area contributed by atoms with Crippen LogP contribution in [-0.4, -0.2) is 21.6 Å². The first kappa shape index (κ1) is 19.0. The lowest BCUT2D eigenvalue weighted by atomic mass is 10.1. The van der Waals surface area contributed by atoms with E-state index in [1.807, 2.05) is 37.3 Å². The normalized spacial score (nSPS) is 10.6. The van der Waals surface area contributed by atoms with Gasteiger partial charge in [0.05, 0.1) is 5.75 Å². The van der Waals surface area contributed by atoms with Gasteiger partial charge in [-0.15, -0.1) is 0 Å². The second-order valence-corrected chi connectivity index (χ2v) is 7.06. The minimum atomic E-state index is -0.301. The Morgan fingerprint density at radius 1 is 1.07 bits per heavy atom. The largest absolute Gasteiger partial charge is 0.325 e. The summed E-state index contributed by atoms with van der Waals surface area (Å²) in [5.41, 5.74) is 3.54. The number of thioether (sulfide) groups is 1. The van der Waals surface area contributed by atoms with Crippen molar-refractivity contribution in [1.29, 1.82) is 0 Å². The summed E-state index contributed by atoms with van der Waals surface area (Å²) >= 11 is 1.34. The fourth-order valence-electron chi connectivity index (χ4n) is 2.50. The maximum absolute atomic E-state index is 13.1. The molecule has 4 nitrogen and oxygen atoms in total. The van der Waals surface area contributed by atoms with Crippen molar-refractivity contribution in [2.75, 3.05) is 11.1 Å². The molecule has 0 bridgehead atoms. The lowest BCUT2D eigenvalue weighted by Gasteiger charge is -2.08. The van der Waals surface area contributed by atoms with E-state index in [1.165, 1.54) is 29.5 Å². The smallest absolute Gasteiger partial charge is 0.234 e. The van der Waals surface area contributed by atoms with Crippen molar-refractivity contribution in [2.45, 2.75) is 25.3 Å². The molecule has 1 heterocycles. The summed E-state index contributed by atoms with van der Waals surface area (Å²) in [7, 11) is 0. The highest BCUT2D eigenvalue weighted by Gasteiger charge is 2.09. The van der Waals surface area contributed by atoms with Crippen LogP contribution in [0.25, 0.3) is 11.4 Å². The summed E-state index contributed by atoms with van der Waals surface area (Å²) in [6.07, 6.45) is 0.966. The quantitative estimate of drug-likeness (QED) is 0.488. The van der Waals surface area contributed by atoms with Gasteiger partial charge < -0.3 is 5.32 Å². The van der Waals surface area contributed by atoms with Crippen molar-refractivity contribution >= 4 is 23.4 Å². The van der Waals surface area contributed by atoms with Gasteiger partial charge in [0.1, 0.15) is 10.8 Å². The van der Waals surface area contributed by atoms with Crippen LogP contribution in [0.5, 0.6) is 0 Å². The molecule has 0 unspecified atom stereocenters. The molecule has 0 saturated heterocycles.